The predicted octanol–water partition coefficient (Wildman–Crippen LogP) is 2.07. The first-order valence-corrected chi connectivity index (χ1v) is 7.87. The van der Waals surface area contributed by atoms with Crippen molar-refractivity contribution >= 4 is 11.8 Å². The molecule has 0 bridgehead atoms. The summed E-state index contributed by atoms with van der Waals surface area (Å²) < 4.78 is 4.57. The Bertz CT molecular complexity index is 450. The molecule has 5 nitrogen and oxygen atoms in total. The summed E-state index contributed by atoms with van der Waals surface area (Å²) in [5, 5.41) is 19.8. The molecule has 0 aromatic heterocycles. The number of rotatable bonds is 9. The Labute approximate surface area is 131 Å². The Balaban J connectivity index is 2.70. The van der Waals surface area contributed by atoms with Crippen molar-refractivity contribution in [3.05, 3.63) is 23.3 Å². The zero-order chi connectivity index (χ0) is 16.5. The van der Waals surface area contributed by atoms with Gasteiger partial charge in [-0.05, 0) is 18.4 Å². The smallest absolute Gasteiger partial charge is 0.305 e. The summed E-state index contributed by atoms with van der Waals surface area (Å²) in [4.78, 5) is 23.1. The molecule has 0 fully saturated rings. The van der Waals surface area contributed by atoms with Crippen LogP contribution in [0.1, 0.15) is 51.9 Å². The number of unbranched alkanes of at least 4 members (excludes halogenated alkanes) is 2. The maximum absolute atomic E-state index is 11.9. The molecule has 0 heterocycles. The van der Waals surface area contributed by atoms with Gasteiger partial charge >= 0.3 is 5.97 Å². The van der Waals surface area contributed by atoms with Gasteiger partial charge in [0.25, 0.3) is 0 Å². The van der Waals surface area contributed by atoms with Crippen LogP contribution in [0.25, 0.3) is 0 Å². The molecule has 2 unspecified atom stereocenters. The number of esters is 1. The number of ketones is 1. The van der Waals surface area contributed by atoms with Gasteiger partial charge in [-0.2, -0.15) is 0 Å². The third kappa shape index (κ3) is 5.73. The van der Waals surface area contributed by atoms with Gasteiger partial charge in [-0.15, -0.1) is 0 Å². The number of carbonyl (C=O) groups is 2. The number of ether oxygens (including phenoxy) is 1. The van der Waals surface area contributed by atoms with E-state index in [1.54, 1.807) is 12.2 Å². The molecule has 0 saturated heterocycles. The van der Waals surface area contributed by atoms with Gasteiger partial charge < -0.3 is 14.9 Å². The maximum Gasteiger partial charge on any atom is 0.305 e. The molecule has 1 rings (SSSR count). The molecule has 2 N–H and O–H groups in total. The first kappa shape index (κ1) is 18.6. The highest BCUT2D eigenvalue weighted by Gasteiger charge is 2.29. The average molecular weight is 310 g/mol. The van der Waals surface area contributed by atoms with E-state index in [1.807, 2.05) is 0 Å². The third-order valence-corrected chi connectivity index (χ3v) is 3.83. The number of allylic oxidation sites excluding steroid dienone is 1. The highest BCUT2D eigenvalue weighted by Crippen LogP contribution is 2.28. The van der Waals surface area contributed by atoms with E-state index in [1.165, 1.54) is 7.11 Å². The lowest BCUT2D eigenvalue weighted by Gasteiger charge is -2.08. The maximum atomic E-state index is 11.9. The monoisotopic (exact) mass is 310 g/mol. The second-order valence-corrected chi connectivity index (χ2v) is 5.58. The van der Waals surface area contributed by atoms with Crippen LogP contribution in [-0.2, 0) is 14.3 Å². The van der Waals surface area contributed by atoms with Crippen LogP contribution in [0.2, 0.25) is 0 Å². The molecule has 0 aliphatic heterocycles. The van der Waals surface area contributed by atoms with Crippen molar-refractivity contribution in [3.63, 3.8) is 0 Å². The van der Waals surface area contributed by atoms with Crippen LogP contribution >= 0.6 is 0 Å². The van der Waals surface area contributed by atoms with Gasteiger partial charge in [-0.3, -0.25) is 9.59 Å². The summed E-state index contributed by atoms with van der Waals surface area (Å²) in [7, 11) is 1.30. The van der Waals surface area contributed by atoms with E-state index in [9.17, 15) is 19.8 Å². The fraction of sp³-hybridized carbons (Fsp3) is 0.647. The summed E-state index contributed by atoms with van der Waals surface area (Å²) >= 11 is 0. The summed E-state index contributed by atoms with van der Waals surface area (Å²) in [5.41, 5.74) is 0.985. The van der Waals surface area contributed by atoms with Crippen molar-refractivity contribution in [2.24, 2.45) is 0 Å². The van der Waals surface area contributed by atoms with Crippen molar-refractivity contribution in [1.82, 2.24) is 0 Å². The number of hydrogen-bond donors (Lipinski definition) is 2. The zero-order valence-corrected chi connectivity index (χ0v) is 13.4. The molecule has 0 radical (unpaired) electrons. The Morgan fingerprint density at radius 1 is 1.45 bits per heavy atom. The number of methoxy groups -OCH3 is 1. The van der Waals surface area contributed by atoms with Crippen LogP contribution in [0.15, 0.2) is 23.3 Å². The number of aliphatic hydroxyl groups is 2. The van der Waals surface area contributed by atoms with E-state index < -0.39 is 12.2 Å². The zero-order valence-electron chi connectivity index (χ0n) is 13.4. The highest BCUT2D eigenvalue weighted by atomic mass is 16.5. The van der Waals surface area contributed by atoms with Crippen molar-refractivity contribution in [3.8, 4) is 0 Å². The van der Waals surface area contributed by atoms with E-state index in [0.717, 1.165) is 19.3 Å². The molecule has 124 valence electrons. The van der Waals surface area contributed by atoms with Crippen molar-refractivity contribution in [2.45, 2.75) is 64.1 Å². The highest BCUT2D eigenvalue weighted by molar-refractivity contribution is 6.00. The van der Waals surface area contributed by atoms with Crippen molar-refractivity contribution in [2.75, 3.05) is 7.11 Å². The molecule has 0 spiro atoms. The molecule has 2 atom stereocenters. The van der Waals surface area contributed by atoms with E-state index in [0.29, 0.717) is 17.6 Å². The largest absolute Gasteiger partial charge is 0.469 e. The van der Waals surface area contributed by atoms with Gasteiger partial charge in [0.15, 0.2) is 5.78 Å². The standard InChI is InChI=1S/C17H26O5/c1-3-4-5-6-12(18)7-8-13-14(9-10-17(21)22-2)16(20)11-15(13)19/h7-8,12,15,18-19H,3-6,9-11H2,1-2H3/b8-7+. The van der Waals surface area contributed by atoms with E-state index in [2.05, 4.69) is 11.7 Å². The van der Waals surface area contributed by atoms with Crippen LogP contribution in [-0.4, -0.2) is 41.3 Å². The van der Waals surface area contributed by atoms with Gasteiger partial charge in [-0.1, -0.05) is 38.3 Å². The normalized spacial score (nSPS) is 20.0. The van der Waals surface area contributed by atoms with Crippen LogP contribution in [0, 0.1) is 0 Å². The Morgan fingerprint density at radius 2 is 2.18 bits per heavy atom. The topological polar surface area (TPSA) is 83.8 Å². The van der Waals surface area contributed by atoms with Gasteiger partial charge in [0.1, 0.15) is 0 Å². The number of aliphatic hydroxyl groups excluding tert-OH is 2. The average Bonchev–Trinajstić information content (AvgIpc) is 2.76. The van der Waals surface area contributed by atoms with Gasteiger partial charge in [0, 0.05) is 18.4 Å². The minimum atomic E-state index is -0.848. The summed E-state index contributed by atoms with van der Waals surface area (Å²) in [6, 6.07) is 0. The second-order valence-electron chi connectivity index (χ2n) is 5.58. The molecule has 0 amide bonds. The van der Waals surface area contributed by atoms with Gasteiger partial charge in [0.2, 0.25) is 0 Å². The summed E-state index contributed by atoms with van der Waals surface area (Å²) in [6.07, 6.45) is 5.99. The van der Waals surface area contributed by atoms with E-state index >= 15 is 0 Å². The quantitative estimate of drug-likeness (QED) is 0.503. The molecule has 0 aromatic rings. The first-order chi connectivity index (χ1) is 10.5. The molecule has 0 aromatic carbocycles. The Kier molecular flexibility index (Phi) is 8.06. The van der Waals surface area contributed by atoms with Crippen LogP contribution in [0.5, 0.6) is 0 Å². The minimum absolute atomic E-state index is 0.0438. The third-order valence-electron chi connectivity index (χ3n) is 3.83. The second kappa shape index (κ2) is 9.54. The van der Waals surface area contributed by atoms with Crippen LogP contribution < -0.4 is 0 Å². The lowest BCUT2D eigenvalue weighted by atomic mass is 10.0. The molecular weight excluding hydrogens is 284 g/mol. The van der Waals surface area contributed by atoms with Crippen LogP contribution in [0.3, 0.4) is 0 Å². The first-order valence-electron chi connectivity index (χ1n) is 7.87. The van der Waals surface area contributed by atoms with Crippen molar-refractivity contribution < 1.29 is 24.5 Å². The number of hydrogen-bond acceptors (Lipinski definition) is 5. The fourth-order valence-corrected chi connectivity index (χ4v) is 2.51. The van der Waals surface area contributed by atoms with Crippen LogP contribution in [0.4, 0.5) is 0 Å². The van der Waals surface area contributed by atoms with E-state index in [-0.39, 0.29) is 31.0 Å². The summed E-state index contributed by atoms with van der Waals surface area (Å²) in [6.45, 7) is 2.10. The Morgan fingerprint density at radius 3 is 2.82 bits per heavy atom. The molecule has 1 aliphatic carbocycles. The molecule has 0 saturated carbocycles. The molecule has 22 heavy (non-hydrogen) atoms. The minimum Gasteiger partial charge on any atom is -0.469 e. The Hall–Kier alpha value is -1.46. The lowest BCUT2D eigenvalue weighted by molar-refractivity contribution is -0.140. The number of carbonyl (C=O) groups excluding carboxylic acids is 2. The van der Waals surface area contributed by atoms with Gasteiger partial charge in [-0.25, -0.2) is 0 Å². The van der Waals surface area contributed by atoms with Crippen molar-refractivity contribution in [1.29, 1.82) is 0 Å². The SMILES string of the molecule is CCCCCC(O)/C=C/C1=C(CCC(=O)OC)C(=O)CC1O. The molecule has 5 heteroatoms. The molecular formula is C17H26O5. The van der Waals surface area contributed by atoms with E-state index in [4.69, 9.17) is 0 Å². The fourth-order valence-electron chi connectivity index (χ4n) is 2.51. The van der Waals surface area contributed by atoms with Gasteiger partial charge in [0.05, 0.1) is 19.3 Å². The summed E-state index contributed by atoms with van der Waals surface area (Å²) in [5.74, 6) is -0.527. The molecule has 1 aliphatic rings. The lowest BCUT2D eigenvalue weighted by Crippen LogP contribution is -2.06. The number of Topliss-reactive ketones (excluding diaryl/α,β-unsaturated/α-hetero) is 1. The predicted molar refractivity (Wildman–Crippen MR) is 83.2 cm³/mol.